The van der Waals surface area contributed by atoms with Crippen LogP contribution in [0.2, 0.25) is 0 Å². The summed E-state index contributed by atoms with van der Waals surface area (Å²) in [6, 6.07) is 1.72. The molecule has 0 aromatic heterocycles. The van der Waals surface area contributed by atoms with Gasteiger partial charge < -0.3 is 0 Å². The molecule has 2 nitrogen and oxygen atoms in total. The Balaban J connectivity index is 2.69. The first kappa shape index (κ1) is 10.0. The largest absolute Gasteiger partial charge is 0.392 e. The Hall–Kier alpha value is -1.05. The predicted molar refractivity (Wildman–Crippen MR) is 37.5 cm³/mol. The molecule has 0 bridgehead atoms. The van der Waals surface area contributed by atoms with Gasteiger partial charge in [-0.15, -0.1) is 0 Å². The third-order valence-electron chi connectivity index (χ3n) is 2.16. The quantitative estimate of drug-likeness (QED) is 0.588. The number of hydrogen-bond donors (Lipinski definition) is 0. The Morgan fingerprint density at radius 1 is 1.38 bits per heavy atom. The first-order valence-corrected chi connectivity index (χ1v) is 3.91. The Bertz CT molecular complexity index is 253. The van der Waals surface area contributed by atoms with Crippen molar-refractivity contribution in [1.82, 2.24) is 0 Å². The van der Waals surface area contributed by atoms with Gasteiger partial charge in [0.15, 0.2) is 0 Å². The first-order chi connectivity index (χ1) is 5.93. The van der Waals surface area contributed by atoms with Gasteiger partial charge in [0.2, 0.25) is 0 Å². The van der Waals surface area contributed by atoms with Crippen molar-refractivity contribution in [2.24, 2.45) is 11.8 Å². The molecule has 0 heterocycles. The van der Waals surface area contributed by atoms with Gasteiger partial charge >= 0.3 is 6.18 Å². The van der Waals surface area contributed by atoms with E-state index in [1.807, 2.05) is 0 Å². The van der Waals surface area contributed by atoms with Gasteiger partial charge in [0.05, 0.1) is 17.9 Å². The van der Waals surface area contributed by atoms with Crippen LogP contribution in [0.5, 0.6) is 0 Å². The molecule has 0 radical (unpaired) electrons. The number of halogens is 3. The first-order valence-electron chi connectivity index (χ1n) is 3.91. The number of carbonyl (C=O) groups excluding carboxylic acids is 1. The van der Waals surface area contributed by atoms with E-state index in [1.165, 1.54) is 0 Å². The van der Waals surface area contributed by atoms with Crippen LogP contribution in [0, 0.1) is 23.2 Å². The molecule has 2 atom stereocenters. The van der Waals surface area contributed by atoms with E-state index >= 15 is 0 Å². The summed E-state index contributed by atoms with van der Waals surface area (Å²) < 4.78 is 36.5. The minimum Gasteiger partial charge on any atom is -0.300 e. The van der Waals surface area contributed by atoms with Crippen LogP contribution in [0.1, 0.15) is 19.3 Å². The Morgan fingerprint density at radius 2 is 2.00 bits per heavy atom. The average Bonchev–Trinajstić information content (AvgIpc) is 2.01. The van der Waals surface area contributed by atoms with Crippen molar-refractivity contribution < 1.29 is 18.0 Å². The van der Waals surface area contributed by atoms with Gasteiger partial charge in [0.1, 0.15) is 5.78 Å². The van der Waals surface area contributed by atoms with Crippen LogP contribution in [0.15, 0.2) is 0 Å². The van der Waals surface area contributed by atoms with Gasteiger partial charge in [-0.05, 0) is 6.42 Å². The van der Waals surface area contributed by atoms with Crippen LogP contribution < -0.4 is 0 Å². The standard InChI is InChI=1S/C8H8F3NO/c9-8(10,11)6-1-5(4-12)2-7(13)3-6/h5-6H,1-3H2/t5-,6+/m0/s1. The van der Waals surface area contributed by atoms with Crippen molar-refractivity contribution in [2.45, 2.75) is 25.4 Å². The normalized spacial score (nSPS) is 29.8. The molecule has 0 aromatic rings. The summed E-state index contributed by atoms with van der Waals surface area (Å²) in [7, 11) is 0. The lowest BCUT2D eigenvalue weighted by atomic mass is 9.81. The van der Waals surface area contributed by atoms with Gasteiger partial charge in [0, 0.05) is 12.8 Å². The van der Waals surface area contributed by atoms with E-state index in [4.69, 9.17) is 5.26 Å². The lowest BCUT2D eigenvalue weighted by Gasteiger charge is -2.25. The molecular weight excluding hydrogens is 183 g/mol. The molecule has 0 unspecified atom stereocenters. The molecule has 5 heteroatoms. The van der Waals surface area contributed by atoms with E-state index in [1.54, 1.807) is 6.07 Å². The highest BCUT2D eigenvalue weighted by Gasteiger charge is 2.44. The van der Waals surface area contributed by atoms with Crippen molar-refractivity contribution in [2.75, 3.05) is 0 Å². The highest BCUT2D eigenvalue weighted by Crippen LogP contribution is 2.38. The highest BCUT2D eigenvalue weighted by atomic mass is 19.4. The molecule has 72 valence electrons. The van der Waals surface area contributed by atoms with E-state index in [9.17, 15) is 18.0 Å². The Morgan fingerprint density at radius 3 is 2.46 bits per heavy atom. The lowest BCUT2D eigenvalue weighted by molar-refractivity contribution is -0.185. The van der Waals surface area contributed by atoms with E-state index in [0.29, 0.717) is 0 Å². The fourth-order valence-electron chi connectivity index (χ4n) is 1.49. The number of nitriles is 1. The van der Waals surface area contributed by atoms with E-state index in [2.05, 4.69) is 0 Å². The number of Topliss-reactive ketones (excluding diaryl/α,β-unsaturated/α-hetero) is 1. The van der Waals surface area contributed by atoms with Crippen LogP contribution in [-0.4, -0.2) is 12.0 Å². The highest BCUT2D eigenvalue weighted by molar-refractivity contribution is 5.80. The maximum Gasteiger partial charge on any atom is 0.392 e. The van der Waals surface area contributed by atoms with Gasteiger partial charge in [-0.25, -0.2) is 0 Å². The minimum absolute atomic E-state index is 0.0247. The summed E-state index contributed by atoms with van der Waals surface area (Å²) in [4.78, 5) is 10.8. The topological polar surface area (TPSA) is 40.9 Å². The lowest BCUT2D eigenvalue weighted by Crippen LogP contribution is -2.32. The second kappa shape index (κ2) is 3.36. The van der Waals surface area contributed by atoms with E-state index < -0.39 is 30.2 Å². The molecule has 0 amide bonds. The van der Waals surface area contributed by atoms with Crippen molar-refractivity contribution in [1.29, 1.82) is 5.26 Å². The molecule has 0 saturated heterocycles. The molecule has 1 saturated carbocycles. The Labute approximate surface area is 73.3 Å². The van der Waals surface area contributed by atoms with Gasteiger partial charge in [-0.3, -0.25) is 4.79 Å². The molecule has 1 aliphatic rings. The average molecular weight is 191 g/mol. The molecule has 0 aromatic carbocycles. The van der Waals surface area contributed by atoms with Crippen molar-refractivity contribution in [3.05, 3.63) is 0 Å². The molecule has 13 heavy (non-hydrogen) atoms. The van der Waals surface area contributed by atoms with Crippen LogP contribution >= 0.6 is 0 Å². The molecular formula is C8H8F3NO. The van der Waals surface area contributed by atoms with Crippen molar-refractivity contribution in [3.63, 3.8) is 0 Å². The predicted octanol–water partition coefficient (Wildman–Crippen LogP) is 2.06. The van der Waals surface area contributed by atoms with Crippen LogP contribution in [0.3, 0.4) is 0 Å². The van der Waals surface area contributed by atoms with Gasteiger partial charge in [0.25, 0.3) is 0 Å². The van der Waals surface area contributed by atoms with Crippen molar-refractivity contribution >= 4 is 5.78 Å². The van der Waals surface area contributed by atoms with Gasteiger partial charge in [-0.1, -0.05) is 0 Å². The summed E-state index contributed by atoms with van der Waals surface area (Å²) >= 11 is 0. The van der Waals surface area contributed by atoms with Gasteiger partial charge in [-0.2, -0.15) is 18.4 Å². The minimum atomic E-state index is -4.34. The van der Waals surface area contributed by atoms with Crippen LogP contribution in [-0.2, 0) is 4.79 Å². The zero-order valence-corrected chi connectivity index (χ0v) is 6.77. The summed E-state index contributed by atoms with van der Waals surface area (Å²) in [5, 5.41) is 8.42. The monoisotopic (exact) mass is 191 g/mol. The number of hydrogen-bond acceptors (Lipinski definition) is 2. The second-order valence-electron chi connectivity index (χ2n) is 3.25. The summed E-state index contributed by atoms with van der Waals surface area (Å²) in [5.74, 6) is -2.83. The van der Waals surface area contributed by atoms with E-state index in [-0.39, 0.29) is 12.8 Å². The maximum atomic E-state index is 12.2. The Kier molecular flexibility index (Phi) is 2.60. The van der Waals surface area contributed by atoms with Crippen LogP contribution in [0.4, 0.5) is 13.2 Å². The fraction of sp³-hybridized carbons (Fsp3) is 0.750. The molecule has 1 rings (SSSR count). The third-order valence-corrected chi connectivity index (χ3v) is 2.16. The zero-order valence-electron chi connectivity index (χ0n) is 6.77. The van der Waals surface area contributed by atoms with Crippen LogP contribution in [0.25, 0.3) is 0 Å². The molecule has 0 N–H and O–H groups in total. The smallest absolute Gasteiger partial charge is 0.300 e. The summed E-state index contributed by atoms with van der Waals surface area (Å²) in [6.07, 6.45) is -5.05. The second-order valence-corrected chi connectivity index (χ2v) is 3.25. The van der Waals surface area contributed by atoms with E-state index in [0.717, 1.165) is 0 Å². The number of alkyl halides is 3. The maximum absolute atomic E-state index is 12.2. The summed E-state index contributed by atoms with van der Waals surface area (Å²) in [5.41, 5.74) is 0. The molecule has 1 aliphatic carbocycles. The zero-order chi connectivity index (χ0) is 10.1. The molecule has 0 aliphatic heterocycles. The number of carbonyl (C=O) groups is 1. The summed E-state index contributed by atoms with van der Waals surface area (Å²) in [6.45, 7) is 0. The number of ketones is 1. The third kappa shape index (κ3) is 2.44. The molecule has 1 fully saturated rings. The molecule has 0 spiro atoms. The SMILES string of the molecule is N#C[C@@H]1CC(=O)C[C@H](C(F)(F)F)C1. The number of nitrogens with zero attached hydrogens (tertiary/aromatic N) is 1. The fourth-order valence-corrected chi connectivity index (χ4v) is 1.49. The van der Waals surface area contributed by atoms with Crippen molar-refractivity contribution in [3.8, 4) is 6.07 Å². The number of rotatable bonds is 0.